The predicted octanol–water partition coefficient (Wildman–Crippen LogP) is 2.54. The Morgan fingerprint density at radius 1 is 1.54 bits per heavy atom. The Hall–Kier alpha value is -1.51. The molecule has 0 aliphatic carbocycles. The van der Waals surface area contributed by atoms with Gasteiger partial charge >= 0.3 is 0 Å². The average Bonchev–Trinajstić information content (AvgIpc) is 2.04. The number of hydrogen-bond acceptors (Lipinski definition) is 2. The lowest BCUT2D eigenvalue weighted by Gasteiger charge is -2.05. The first-order valence-electron chi connectivity index (χ1n) is 3.98. The minimum absolute atomic E-state index is 0.158. The van der Waals surface area contributed by atoms with Crippen molar-refractivity contribution in [1.82, 2.24) is 0 Å². The van der Waals surface area contributed by atoms with Crippen molar-refractivity contribution in [3.63, 3.8) is 0 Å². The molecular weight excluding hydrogens is 167 g/mol. The second kappa shape index (κ2) is 3.94. The summed E-state index contributed by atoms with van der Waals surface area (Å²) in [6.07, 6.45) is 1.29. The van der Waals surface area contributed by atoms with E-state index in [4.69, 9.17) is 10.8 Å². The summed E-state index contributed by atoms with van der Waals surface area (Å²) in [5.74, 6) is -0.383. The zero-order chi connectivity index (χ0) is 9.84. The number of hydrogen-bond donors (Lipinski definition) is 2. The predicted molar refractivity (Wildman–Crippen MR) is 51.4 cm³/mol. The fourth-order valence-electron chi connectivity index (χ4n) is 1.22. The van der Waals surface area contributed by atoms with E-state index in [1.807, 2.05) is 0 Å². The van der Waals surface area contributed by atoms with Crippen molar-refractivity contribution in [2.24, 2.45) is 0 Å². The molecule has 0 unspecified atom stereocenters. The maximum Gasteiger partial charge on any atom is 0.132 e. The van der Waals surface area contributed by atoms with E-state index in [9.17, 15) is 4.39 Å². The van der Waals surface area contributed by atoms with E-state index < -0.39 is 0 Å². The second-order valence-electron chi connectivity index (χ2n) is 2.82. The molecule has 0 spiro atoms. The zero-order valence-corrected chi connectivity index (χ0v) is 7.39. The Kier molecular flexibility index (Phi) is 2.90. The lowest BCUT2D eigenvalue weighted by Crippen LogP contribution is -2.05. The molecule has 0 aliphatic rings. The first kappa shape index (κ1) is 9.58. The van der Waals surface area contributed by atoms with Gasteiger partial charge in [0.2, 0.25) is 0 Å². The lowest BCUT2D eigenvalue weighted by molar-refractivity contribution is 0.623. The highest BCUT2D eigenvalue weighted by atomic mass is 19.1. The van der Waals surface area contributed by atoms with E-state index in [2.05, 4.69) is 0 Å². The van der Waals surface area contributed by atoms with Crippen molar-refractivity contribution in [1.29, 1.82) is 10.8 Å². The monoisotopic (exact) mass is 178 g/mol. The average molecular weight is 178 g/mol. The normalized spacial score (nSPS) is 9.69. The van der Waals surface area contributed by atoms with Gasteiger partial charge in [0.05, 0.1) is 0 Å². The van der Waals surface area contributed by atoms with Gasteiger partial charge in [-0.25, -0.2) is 4.39 Å². The molecule has 1 rings (SSSR count). The number of benzene rings is 1. The van der Waals surface area contributed by atoms with Crippen molar-refractivity contribution in [2.75, 3.05) is 0 Å². The van der Waals surface area contributed by atoms with E-state index in [1.54, 1.807) is 19.1 Å². The summed E-state index contributed by atoms with van der Waals surface area (Å²) in [5, 5.41) is 14.4. The van der Waals surface area contributed by atoms with Gasteiger partial charge in [-0.1, -0.05) is 12.1 Å². The summed E-state index contributed by atoms with van der Waals surface area (Å²) < 4.78 is 13.2. The van der Waals surface area contributed by atoms with Crippen LogP contribution < -0.4 is 0 Å². The Bertz CT molecular complexity index is 325. The van der Waals surface area contributed by atoms with Crippen LogP contribution in [0.15, 0.2) is 18.2 Å². The van der Waals surface area contributed by atoms with Gasteiger partial charge < -0.3 is 10.8 Å². The molecule has 0 amide bonds. The molecule has 2 N–H and O–H groups in total. The van der Waals surface area contributed by atoms with Crippen LogP contribution in [0.25, 0.3) is 0 Å². The first-order valence-corrected chi connectivity index (χ1v) is 3.98. The third-order valence-electron chi connectivity index (χ3n) is 1.83. The van der Waals surface area contributed by atoms with Gasteiger partial charge in [0, 0.05) is 23.9 Å². The van der Waals surface area contributed by atoms with Gasteiger partial charge in [0.1, 0.15) is 5.82 Å². The Morgan fingerprint density at radius 3 is 2.77 bits per heavy atom. The van der Waals surface area contributed by atoms with Gasteiger partial charge in [-0.2, -0.15) is 0 Å². The molecule has 13 heavy (non-hydrogen) atoms. The van der Waals surface area contributed by atoms with Gasteiger partial charge in [0.25, 0.3) is 0 Å². The van der Waals surface area contributed by atoms with E-state index in [0.29, 0.717) is 5.56 Å². The van der Waals surface area contributed by atoms with Crippen molar-refractivity contribution in [3.05, 3.63) is 35.1 Å². The van der Waals surface area contributed by atoms with E-state index in [0.717, 1.165) is 11.8 Å². The van der Waals surface area contributed by atoms with Crippen molar-refractivity contribution in [3.8, 4) is 0 Å². The minimum atomic E-state index is -0.383. The van der Waals surface area contributed by atoms with Gasteiger partial charge in [-0.15, -0.1) is 0 Å². The third kappa shape index (κ3) is 1.99. The summed E-state index contributed by atoms with van der Waals surface area (Å²) >= 11 is 0. The van der Waals surface area contributed by atoms with Gasteiger partial charge in [-0.3, -0.25) is 0 Å². The molecule has 1 aromatic carbocycles. The van der Waals surface area contributed by atoms with Crippen LogP contribution in [0.5, 0.6) is 0 Å². The van der Waals surface area contributed by atoms with E-state index in [1.165, 1.54) is 6.07 Å². The molecule has 0 aliphatic heterocycles. The summed E-state index contributed by atoms with van der Waals surface area (Å²) in [5.41, 5.74) is 1.23. The van der Waals surface area contributed by atoms with Crippen molar-refractivity contribution < 1.29 is 4.39 Å². The molecule has 0 saturated heterocycles. The molecule has 2 nitrogen and oxygen atoms in total. The summed E-state index contributed by atoms with van der Waals surface area (Å²) in [6.45, 7) is 1.76. The van der Waals surface area contributed by atoms with Gasteiger partial charge in [0.15, 0.2) is 0 Å². The highest BCUT2D eigenvalue weighted by Crippen LogP contribution is 2.13. The molecule has 68 valence electrons. The van der Waals surface area contributed by atoms with E-state index >= 15 is 0 Å². The number of halogens is 1. The Morgan fingerprint density at radius 2 is 2.23 bits per heavy atom. The molecule has 3 heteroatoms. The summed E-state index contributed by atoms with van der Waals surface area (Å²) in [4.78, 5) is 0. The second-order valence-corrected chi connectivity index (χ2v) is 2.82. The van der Waals surface area contributed by atoms with Crippen LogP contribution in [0.4, 0.5) is 4.39 Å². The number of aryl methyl sites for hydroxylation is 1. The van der Waals surface area contributed by atoms with E-state index in [-0.39, 0.29) is 17.9 Å². The van der Waals surface area contributed by atoms with Crippen LogP contribution in [0.2, 0.25) is 0 Å². The maximum atomic E-state index is 13.2. The fraction of sp³-hybridized carbons (Fsp3) is 0.200. The summed E-state index contributed by atoms with van der Waals surface area (Å²) in [7, 11) is 0. The van der Waals surface area contributed by atoms with Crippen molar-refractivity contribution >= 4 is 11.9 Å². The largest absolute Gasteiger partial charge is 0.313 e. The molecule has 0 radical (unpaired) electrons. The molecule has 0 fully saturated rings. The standard InChI is InChI=1S/C10H11FN2/c1-7-3-2-4-8(11)10(7)9(13)5-6-12/h2-4,6,12-13H,5H2,1H3. The number of rotatable bonds is 3. The van der Waals surface area contributed by atoms with Gasteiger partial charge in [-0.05, 0) is 18.6 Å². The zero-order valence-electron chi connectivity index (χ0n) is 7.39. The van der Waals surface area contributed by atoms with Crippen LogP contribution in [-0.2, 0) is 0 Å². The van der Waals surface area contributed by atoms with Crippen molar-refractivity contribution in [2.45, 2.75) is 13.3 Å². The minimum Gasteiger partial charge on any atom is -0.313 e. The van der Waals surface area contributed by atoms with Crippen LogP contribution in [0.3, 0.4) is 0 Å². The molecular formula is C10H11FN2. The summed E-state index contributed by atoms with van der Waals surface area (Å²) in [6, 6.07) is 4.71. The number of nitrogens with one attached hydrogen (secondary N) is 2. The Balaban J connectivity index is 3.12. The van der Waals surface area contributed by atoms with Crippen LogP contribution in [0, 0.1) is 23.6 Å². The molecule has 0 aromatic heterocycles. The SMILES string of the molecule is Cc1cccc(F)c1C(=N)CC=N. The molecule has 1 aromatic rings. The quantitative estimate of drug-likeness (QED) is 0.668. The highest BCUT2D eigenvalue weighted by molar-refractivity contribution is 6.05. The molecule has 0 heterocycles. The van der Waals surface area contributed by atoms with Crippen LogP contribution in [-0.4, -0.2) is 11.9 Å². The van der Waals surface area contributed by atoms with Crippen LogP contribution in [0.1, 0.15) is 17.5 Å². The maximum absolute atomic E-state index is 13.2. The Labute approximate surface area is 76.4 Å². The fourth-order valence-corrected chi connectivity index (χ4v) is 1.22. The van der Waals surface area contributed by atoms with Crippen LogP contribution >= 0.6 is 0 Å². The smallest absolute Gasteiger partial charge is 0.132 e. The lowest BCUT2D eigenvalue weighted by atomic mass is 10.0. The topological polar surface area (TPSA) is 47.7 Å². The molecule has 0 saturated carbocycles. The molecule has 0 atom stereocenters. The third-order valence-corrected chi connectivity index (χ3v) is 1.83. The molecule has 0 bridgehead atoms. The highest BCUT2D eigenvalue weighted by Gasteiger charge is 2.08. The first-order chi connectivity index (χ1) is 6.16.